The van der Waals surface area contributed by atoms with E-state index in [2.05, 4.69) is 22.2 Å². The van der Waals surface area contributed by atoms with E-state index in [0.717, 1.165) is 24.3 Å². The molecule has 0 amide bonds. The maximum absolute atomic E-state index is 4.25. The number of rotatable bonds is 6. The second-order valence-electron chi connectivity index (χ2n) is 4.86. The highest BCUT2D eigenvalue weighted by molar-refractivity contribution is 4.89. The van der Waals surface area contributed by atoms with Crippen molar-refractivity contribution in [1.82, 2.24) is 15.3 Å². The number of nitrogens with one attached hydrogen (secondary N) is 2. The Labute approximate surface area is 98.1 Å². The monoisotopic (exact) mass is 221 g/mol. The Balaban J connectivity index is 1.75. The van der Waals surface area contributed by atoms with Crippen molar-refractivity contribution in [3.63, 3.8) is 0 Å². The molecule has 16 heavy (non-hydrogen) atoms. The van der Waals surface area contributed by atoms with E-state index in [9.17, 15) is 0 Å². The third kappa shape index (κ3) is 3.08. The van der Waals surface area contributed by atoms with Gasteiger partial charge in [-0.2, -0.15) is 0 Å². The summed E-state index contributed by atoms with van der Waals surface area (Å²) in [4.78, 5) is 7.39. The minimum atomic E-state index is 0.719. The molecule has 0 unspecified atom stereocenters. The Morgan fingerprint density at radius 3 is 3.19 bits per heavy atom. The zero-order valence-electron chi connectivity index (χ0n) is 10.2. The minimum Gasteiger partial charge on any atom is -0.348 e. The van der Waals surface area contributed by atoms with E-state index in [1.807, 2.05) is 12.4 Å². The minimum absolute atomic E-state index is 0.719. The Hall–Kier alpha value is -0.830. The molecule has 3 nitrogen and oxygen atoms in total. The molecular formula is C13H23N3. The lowest BCUT2D eigenvalue weighted by atomic mass is 9.97. The third-order valence-electron chi connectivity index (χ3n) is 3.67. The molecule has 2 rings (SSSR count). The van der Waals surface area contributed by atoms with E-state index in [4.69, 9.17) is 0 Å². The van der Waals surface area contributed by atoms with Gasteiger partial charge in [0.2, 0.25) is 0 Å². The molecule has 90 valence electrons. The second-order valence-corrected chi connectivity index (χ2v) is 4.86. The van der Waals surface area contributed by atoms with Crippen LogP contribution in [0.1, 0.15) is 51.3 Å². The molecule has 0 radical (unpaired) electrons. The van der Waals surface area contributed by atoms with E-state index in [0.29, 0.717) is 0 Å². The third-order valence-corrected chi connectivity index (χ3v) is 3.67. The van der Waals surface area contributed by atoms with Crippen molar-refractivity contribution in [2.75, 3.05) is 0 Å². The SMILES string of the molecule is CCCC[C@@H]1CCC[C@@H]1NCc1ncc[nH]1. The molecule has 0 bridgehead atoms. The van der Waals surface area contributed by atoms with Crippen LogP contribution >= 0.6 is 0 Å². The molecule has 1 saturated carbocycles. The van der Waals surface area contributed by atoms with Crippen molar-refractivity contribution >= 4 is 0 Å². The van der Waals surface area contributed by atoms with Crippen molar-refractivity contribution < 1.29 is 0 Å². The lowest BCUT2D eigenvalue weighted by Gasteiger charge is -2.20. The normalized spacial score (nSPS) is 25.1. The van der Waals surface area contributed by atoms with Gasteiger partial charge in [-0.25, -0.2) is 4.98 Å². The zero-order chi connectivity index (χ0) is 11.2. The first-order valence-electron chi connectivity index (χ1n) is 6.61. The maximum Gasteiger partial charge on any atom is 0.120 e. The first-order valence-corrected chi connectivity index (χ1v) is 6.61. The van der Waals surface area contributed by atoms with E-state index in [1.54, 1.807) is 0 Å². The second kappa shape index (κ2) is 6.04. The van der Waals surface area contributed by atoms with Crippen LogP contribution in [0.5, 0.6) is 0 Å². The van der Waals surface area contributed by atoms with Gasteiger partial charge in [-0.3, -0.25) is 0 Å². The van der Waals surface area contributed by atoms with E-state index >= 15 is 0 Å². The van der Waals surface area contributed by atoms with E-state index in [-0.39, 0.29) is 0 Å². The van der Waals surface area contributed by atoms with Gasteiger partial charge in [0.05, 0.1) is 6.54 Å². The largest absolute Gasteiger partial charge is 0.348 e. The highest BCUT2D eigenvalue weighted by atomic mass is 15.0. The van der Waals surface area contributed by atoms with Crippen LogP contribution in [0.4, 0.5) is 0 Å². The van der Waals surface area contributed by atoms with Crippen LogP contribution in [0.2, 0.25) is 0 Å². The summed E-state index contributed by atoms with van der Waals surface area (Å²) in [6, 6.07) is 0.719. The molecule has 2 atom stereocenters. The first-order chi connectivity index (χ1) is 7.90. The van der Waals surface area contributed by atoms with Crippen molar-refractivity contribution in [1.29, 1.82) is 0 Å². The number of unbranched alkanes of at least 4 members (excludes halogenated alkanes) is 1. The standard InChI is InChI=1S/C13H23N3/c1-2-3-5-11-6-4-7-12(11)16-10-13-14-8-9-15-13/h8-9,11-12,16H,2-7,10H2,1H3,(H,14,15)/t11-,12+/m1/s1. The van der Waals surface area contributed by atoms with Crippen molar-refractivity contribution in [3.8, 4) is 0 Å². The lowest BCUT2D eigenvalue weighted by molar-refractivity contribution is 0.366. The van der Waals surface area contributed by atoms with Gasteiger partial charge in [0.15, 0.2) is 0 Å². The Morgan fingerprint density at radius 1 is 1.50 bits per heavy atom. The number of H-pyrrole nitrogens is 1. The summed E-state index contributed by atoms with van der Waals surface area (Å²) < 4.78 is 0. The van der Waals surface area contributed by atoms with Gasteiger partial charge in [-0.15, -0.1) is 0 Å². The highest BCUT2D eigenvalue weighted by Crippen LogP contribution is 2.29. The summed E-state index contributed by atoms with van der Waals surface area (Å²) >= 11 is 0. The topological polar surface area (TPSA) is 40.7 Å². The Kier molecular flexibility index (Phi) is 4.40. The van der Waals surface area contributed by atoms with Crippen LogP contribution in [-0.2, 0) is 6.54 Å². The predicted molar refractivity (Wildman–Crippen MR) is 66.1 cm³/mol. The van der Waals surface area contributed by atoms with E-state index in [1.165, 1.54) is 38.5 Å². The maximum atomic E-state index is 4.25. The summed E-state index contributed by atoms with van der Waals surface area (Å²) in [5, 5.41) is 3.65. The summed E-state index contributed by atoms with van der Waals surface area (Å²) in [5.41, 5.74) is 0. The van der Waals surface area contributed by atoms with Crippen molar-refractivity contribution in [2.24, 2.45) is 5.92 Å². The van der Waals surface area contributed by atoms with Crippen LogP contribution in [0.15, 0.2) is 12.4 Å². The van der Waals surface area contributed by atoms with Gasteiger partial charge < -0.3 is 10.3 Å². The van der Waals surface area contributed by atoms with Gasteiger partial charge in [0, 0.05) is 18.4 Å². The zero-order valence-corrected chi connectivity index (χ0v) is 10.2. The summed E-state index contributed by atoms with van der Waals surface area (Å²) in [7, 11) is 0. The Morgan fingerprint density at radius 2 is 2.44 bits per heavy atom. The molecule has 1 aromatic rings. The molecule has 0 spiro atoms. The molecule has 3 heteroatoms. The van der Waals surface area contributed by atoms with Crippen LogP contribution in [0.3, 0.4) is 0 Å². The van der Waals surface area contributed by atoms with Gasteiger partial charge in [0.25, 0.3) is 0 Å². The van der Waals surface area contributed by atoms with Crippen molar-refractivity contribution in [3.05, 3.63) is 18.2 Å². The molecule has 1 aliphatic rings. The average Bonchev–Trinajstić information content (AvgIpc) is 2.94. The van der Waals surface area contributed by atoms with E-state index < -0.39 is 0 Å². The molecule has 1 aliphatic carbocycles. The number of aromatic amines is 1. The number of hydrogen-bond donors (Lipinski definition) is 2. The van der Waals surface area contributed by atoms with Crippen molar-refractivity contribution in [2.45, 2.75) is 58.0 Å². The van der Waals surface area contributed by atoms with Gasteiger partial charge in [-0.1, -0.05) is 26.2 Å². The molecule has 0 aromatic carbocycles. The van der Waals surface area contributed by atoms with Gasteiger partial charge >= 0.3 is 0 Å². The summed E-state index contributed by atoms with van der Waals surface area (Å²) in [6.07, 6.45) is 12.0. The fraction of sp³-hybridized carbons (Fsp3) is 0.769. The smallest absolute Gasteiger partial charge is 0.120 e. The van der Waals surface area contributed by atoms with Gasteiger partial charge in [0.1, 0.15) is 5.82 Å². The lowest BCUT2D eigenvalue weighted by Crippen LogP contribution is -2.32. The summed E-state index contributed by atoms with van der Waals surface area (Å²) in [6.45, 7) is 3.17. The Bertz CT molecular complexity index is 281. The number of imidazole rings is 1. The van der Waals surface area contributed by atoms with Crippen LogP contribution in [0, 0.1) is 5.92 Å². The first kappa shape index (κ1) is 11.6. The number of nitrogens with zero attached hydrogens (tertiary/aromatic N) is 1. The van der Waals surface area contributed by atoms with Crippen LogP contribution in [0.25, 0.3) is 0 Å². The molecule has 1 heterocycles. The van der Waals surface area contributed by atoms with Gasteiger partial charge in [-0.05, 0) is 25.2 Å². The predicted octanol–water partition coefficient (Wildman–Crippen LogP) is 2.86. The molecule has 1 aromatic heterocycles. The molecule has 0 saturated heterocycles. The highest BCUT2D eigenvalue weighted by Gasteiger charge is 2.25. The fourth-order valence-electron chi connectivity index (χ4n) is 2.74. The number of aromatic nitrogens is 2. The van der Waals surface area contributed by atoms with Crippen LogP contribution in [-0.4, -0.2) is 16.0 Å². The molecule has 1 fully saturated rings. The fourth-order valence-corrected chi connectivity index (χ4v) is 2.74. The number of hydrogen-bond acceptors (Lipinski definition) is 2. The molecular weight excluding hydrogens is 198 g/mol. The molecule has 2 N–H and O–H groups in total. The quantitative estimate of drug-likeness (QED) is 0.775. The summed E-state index contributed by atoms with van der Waals surface area (Å²) in [5.74, 6) is 1.95. The van der Waals surface area contributed by atoms with Crippen LogP contribution < -0.4 is 5.32 Å². The average molecular weight is 221 g/mol. The molecule has 0 aliphatic heterocycles.